The number of aromatic amines is 1. The molecule has 2 aromatic rings. The molecule has 0 radical (unpaired) electrons. The van der Waals surface area contributed by atoms with E-state index in [2.05, 4.69) is 25.3 Å². The Bertz CT molecular complexity index is 388. The van der Waals surface area contributed by atoms with Gasteiger partial charge in [0.15, 0.2) is 5.82 Å². The van der Waals surface area contributed by atoms with E-state index in [1.807, 2.05) is 6.92 Å². The van der Waals surface area contributed by atoms with Crippen molar-refractivity contribution in [2.45, 2.75) is 19.5 Å². The van der Waals surface area contributed by atoms with E-state index in [9.17, 15) is 0 Å². The summed E-state index contributed by atoms with van der Waals surface area (Å²) in [6.45, 7) is 2.36. The second-order valence-corrected chi connectivity index (χ2v) is 3.02. The summed E-state index contributed by atoms with van der Waals surface area (Å²) in [6, 6.07) is -0.157. The zero-order chi connectivity index (χ0) is 9.97. The van der Waals surface area contributed by atoms with Gasteiger partial charge in [0.25, 0.3) is 0 Å². The molecule has 0 aliphatic carbocycles. The fourth-order valence-electron chi connectivity index (χ4n) is 1.05. The highest BCUT2D eigenvalue weighted by molar-refractivity contribution is 4.94. The van der Waals surface area contributed by atoms with Crippen LogP contribution in [0.5, 0.6) is 0 Å². The van der Waals surface area contributed by atoms with Crippen molar-refractivity contribution < 1.29 is 0 Å². The second kappa shape index (κ2) is 3.54. The largest absolute Gasteiger partial charge is 0.321 e. The topological polar surface area (TPSA) is 98.3 Å². The molecule has 2 rings (SSSR count). The van der Waals surface area contributed by atoms with Crippen molar-refractivity contribution in [3.05, 3.63) is 24.3 Å². The zero-order valence-corrected chi connectivity index (χ0v) is 7.75. The molecule has 2 aromatic heterocycles. The van der Waals surface area contributed by atoms with Gasteiger partial charge in [0.05, 0.1) is 6.04 Å². The second-order valence-electron chi connectivity index (χ2n) is 3.02. The molecular formula is C7H11N7. The van der Waals surface area contributed by atoms with Crippen LogP contribution in [0.15, 0.2) is 12.7 Å². The SMILES string of the molecule is CC(N)c1n[nH]c(Cn2cncn2)n1. The molecule has 7 nitrogen and oxygen atoms in total. The first-order chi connectivity index (χ1) is 6.75. The van der Waals surface area contributed by atoms with Gasteiger partial charge in [-0.15, -0.1) is 0 Å². The quantitative estimate of drug-likeness (QED) is 0.682. The third kappa shape index (κ3) is 1.77. The van der Waals surface area contributed by atoms with Crippen molar-refractivity contribution in [3.8, 4) is 0 Å². The van der Waals surface area contributed by atoms with Gasteiger partial charge in [0, 0.05) is 0 Å². The number of H-pyrrole nitrogens is 1. The Morgan fingerprint density at radius 1 is 1.64 bits per heavy atom. The highest BCUT2D eigenvalue weighted by atomic mass is 15.3. The molecule has 0 aliphatic rings. The van der Waals surface area contributed by atoms with E-state index < -0.39 is 0 Å². The Balaban J connectivity index is 2.11. The fourth-order valence-corrected chi connectivity index (χ4v) is 1.05. The Labute approximate surface area is 80.4 Å². The molecule has 1 unspecified atom stereocenters. The lowest BCUT2D eigenvalue weighted by molar-refractivity contribution is 0.654. The number of nitrogens with zero attached hydrogens (tertiary/aromatic N) is 5. The molecule has 0 aliphatic heterocycles. The predicted octanol–water partition coefficient (Wildman–Crippen LogP) is -0.536. The number of aromatic nitrogens is 6. The molecule has 0 fully saturated rings. The van der Waals surface area contributed by atoms with E-state index >= 15 is 0 Å². The lowest BCUT2D eigenvalue weighted by Crippen LogP contribution is -2.07. The Hall–Kier alpha value is -1.76. The van der Waals surface area contributed by atoms with Crippen LogP contribution in [0.4, 0.5) is 0 Å². The van der Waals surface area contributed by atoms with Gasteiger partial charge in [-0.2, -0.15) is 10.2 Å². The maximum Gasteiger partial charge on any atom is 0.167 e. The summed E-state index contributed by atoms with van der Waals surface area (Å²) in [6.07, 6.45) is 3.09. The molecule has 0 saturated heterocycles. The van der Waals surface area contributed by atoms with E-state index in [1.54, 1.807) is 11.0 Å². The van der Waals surface area contributed by atoms with Crippen molar-refractivity contribution in [3.63, 3.8) is 0 Å². The molecule has 0 spiro atoms. The van der Waals surface area contributed by atoms with Crippen LogP contribution in [-0.4, -0.2) is 29.9 Å². The number of nitrogens with two attached hydrogens (primary N) is 1. The molecule has 0 aromatic carbocycles. The van der Waals surface area contributed by atoms with Crippen LogP contribution >= 0.6 is 0 Å². The highest BCUT2D eigenvalue weighted by Crippen LogP contribution is 2.02. The van der Waals surface area contributed by atoms with Crippen LogP contribution in [0.1, 0.15) is 24.6 Å². The van der Waals surface area contributed by atoms with Crippen molar-refractivity contribution in [2.24, 2.45) is 5.73 Å². The number of nitrogens with one attached hydrogen (secondary N) is 1. The normalized spacial score (nSPS) is 13.0. The van der Waals surface area contributed by atoms with Gasteiger partial charge in [0.2, 0.25) is 0 Å². The van der Waals surface area contributed by atoms with Crippen LogP contribution in [0, 0.1) is 0 Å². The van der Waals surface area contributed by atoms with Crippen molar-refractivity contribution in [1.82, 2.24) is 29.9 Å². The van der Waals surface area contributed by atoms with Crippen molar-refractivity contribution >= 4 is 0 Å². The number of hydrogen-bond acceptors (Lipinski definition) is 5. The number of hydrogen-bond donors (Lipinski definition) is 2. The van der Waals surface area contributed by atoms with Crippen LogP contribution in [0.3, 0.4) is 0 Å². The molecule has 0 bridgehead atoms. The number of rotatable bonds is 3. The Morgan fingerprint density at radius 3 is 3.07 bits per heavy atom. The van der Waals surface area contributed by atoms with E-state index in [4.69, 9.17) is 5.73 Å². The first kappa shape index (κ1) is 8.82. The van der Waals surface area contributed by atoms with Gasteiger partial charge in [0.1, 0.15) is 25.0 Å². The van der Waals surface area contributed by atoms with Crippen LogP contribution in [0.25, 0.3) is 0 Å². The first-order valence-corrected chi connectivity index (χ1v) is 4.25. The molecule has 1 atom stereocenters. The third-order valence-electron chi connectivity index (χ3n) is 1.73. The van der Waals surface area contributed by atoms with Gasteiger partial charge in [-0.05, 0) is 6.92 Å². The van der Waals surface area contributed by atoms with Crippen LogP contribution in [0.2, 0.25) is 0 Å². The van der Waals surface area contributed by atoms with Crippen LogP contribution < -0.4 is 5.73 Å². The fraction of sp³-hybridized carbons (Fsp3) is 0.429. The van der Waals surface area contributed by atoms with E-state index in [0.717, 1.165) is 5.82 Å². The van der Waals surface area contributed by atoms with Gasteiger partial charge >= 0.3 is 0 Å². The Morgan fingerprint density at radius 2 is 2.50 bits per heavy atom. The summed E-state index contributed by atoms with van der Waals surface area (Å²) >= 11 is 0. The first-order valence-electron chi connectivity index (χ1n) is 4.25. The maximum absolute atomic E-state index is 5.62. The lowest BCUT2D eigenvalue weighted by Gasteiger charge is -1.95. The lowest BCUT2D eigenvalue weighted by atomic mass is 10.3. The monoisotopic (exact) mass is 193 g/mol. The van der Waals surface area contributed by atoms with Gasteiger partial charge in [-0.25, -0.2) is 14.6 Å². The minimum atomic E-state index is -0.157. The Kier molecular flexibility index (Phi) is 2.23. The van der Waals surface area contributed by atoms with E-state index in [-0.39, 0.29) is 6.04 Å². The third-order valence-corrected chi connectivity index (χ3v) is 1.73. The average Bonchev–Trinajstić information content (AvgIpc) is 2.75. The summed E-state index contributed by atoms with van der Waals surface area (Å²) in [5.41, 5.74) is 5.62. The molecule has 14 heavy (non-hydrogen) atoms. The standard InChI is InChI=1S/C7H11N7/c1-5(8)7-11-6(12-13-7)2-14-4-9-3-10-14/h3-5H,2,8H2,1H3,(H,11,12,13). The molecule has 0 saturated carbocycles. The minimum absolute atomic E-state index is 0.157. The highest BCUT2D eigenvalue weighted by Gasteiger charge is 2.07. The summed E-state index contributed by atoms with van der Waals surface area (Å²) in [5, 5.41) is 10.7. The van der Waals surface area contributed by atoms with Crippen molar-refractivity contribution in [1.29, 1.82) is 0 Å². The molecule has 0 amide bonds. The average molecular weight is 193 g/mol. The predicted molar refractivity (Wildman–Crippen MR) is 48.1 cm³/mol. The van der Waals surface area contributed by atoms with Gasteiger partial charge < -0.3 is 5.73 Å². The summed E-state index contributed by atoms with van der Waals surface area (Å²) in [5.74, 6) is 1.34. The van der Waals surface area contributed by atoms with Gasteiger partial charge in [-0.1, -0.05) is 0 Å². The molecular weight excluding hydrogens is 182 g/mol. The summed E-state index contributed by atoms with van der Waals surface area (Å²) in [4.78, 5) is 8.03. The van der Waals surface area contributed by atoms with E-state index in [1.165, 1.54) is 6.33 Å². The molecule has 2 heterocycles. The van der Waals surface area contributed by atoms with Gasteiger partial charge in [-0.3, -0.25) is 5.10 Å². The van der Waals surface area contributed by atoms with Crippen LogP contribution in [-0.2, 0) is 6.54 Å². The molecule has 74 valence electrons. The zero-order valence-electron chi connectivity index (χ0n) is 7.75. The van der Waals surface area contributed by atoms with Crippen molar-refractivity contribution in [2.75, 3.05) is 0 Å². The molecule has 7 heteroatoms. The minimum Gasteiger partial charge on any atom is -0.321 e. The molecule has 3 N–H and O–H groups in total. The summed E-state index contributed by atoms with van der Waals surface area (Å²) < 4.78 is 1.66. The summed E-state index contributed by atoms with van der Waals surface area (Å²) in [7, 11) is 0. The maximum atomic E-state index is 5.62. The smallest absolute Gasteiger partial charge is 0.167 e. The van der Waals surface area contributed by atoms with E-state index in [0.29, 0.717) is 12.4 Å².